The summed E-state index contributed by atoms with van der Waals surface area (Å²) in [5.41, 5.74) is 2.99. The Labute approximate surface area is 146 Å². The van der Waals surface area contributed by atoms with E-state index in [1.54, 1.807) is 6.20 Å². The first kappa shape index (κ1) is 19.8. The highest BCUT2D eigenvalue weighted by atomic mass is 16.1. The fraction of sp³-hybridized carbons (Fsp3) is 0.500. The van der Waals surface area contributed by atoms with Crippen LogP contribution in [-0.2, 0) is 17.6 Å². The van der Waals surface area contributed by atoms with Gasteiger partial charge < -0.3 is 10.2 Å². The minimum absolute atomic E-state index is 0.125. The zero-order chi connectivity index (χ0) is 18.3. The summed E-state index contributed by atoms with van der Waals surface area (Å²) in [6.07, 6.45) is 3.33. The summed E-state index contributed by atoms with van der Waals surface area (Å²) in [5, 5.41) is 12.4. The van der Waals surface area contributed by atoms with Crippen LogP contribution in [0.5, 0.6) is 0 Å². The van der Waals surface area contributed by atoms with Gasteiger partial charge in [0, 0.05) is 24.0 Å². The molecule has 1 rings (SSSR count). The lowest BCUT2D eigenvalue weighted by Gasteiger charge is -2.33. The summed E-state index contributed by atoms with van der Waals surface area (Å²) in [6.45, 7) is 13.0. The van der Waals surface area contributed by atoms with E-state index in [2.05, 4.69) is 39.9 Å². The molecule has 1 amide bonds. The van der Waals surface area contributed by atoms with Gasteiger partial charge in [-0.1, -0.05) is 32.0 Å². The van der Waals surface area contributed by atoms with E-state index in [1.807, 2.05) is 36.1 Å². The molecule has 1 N–H and O–H groups in total. The Bertz CT molecular complexity index is 626. The number of nitrogens with one attached hydrogen (secondary N) is 1. The SMILES string of the molecule is CCc1cccc(CC)c1NC(=O)/C(C#N)=C\N(CC)C(C)(C)C. The molecule has 0 fully saturated rings. The van der Waals surface area contributed by atoms with Crippen molar-refractivity contribution in [3.63, 3.8) is 0 Å². The number of aryl methyl sites for hydroxylation is 2. The van der Waals surface area contributed by atoms with Crippen LogP contribution in [0.3, 0.4) is 0 Å². The molecule has 0 saturated carbocycles. The van der Waals surface area contributed by atoms with Crippen molar-refractivity contribution in [1.29, 1.82) is 5.26 Å². The number of carbonyl (C=O) groups is 1. The molecule has 130 valence electrons. The van der Waals surface area contributed by atoms with Crippen LogP contribution in [0.25, 0.3) is 0 Å². The van der Waals surface area contributed by atoms with Crippen molar-refractivity contribution in [2.24, 2.45) is 0 Å². The maximum atomic E-state index is 12.6. The maximum Gasteiger partial charge on any atom is 0.267 e. The van der Waals surface area contributed by atoms with Crippen molar-refractivity contribution in [3.05, 3.63) is 41.1 Å². The van der Waals surface area contributed by atoms with Gasteiger partial charge in [0.2, 0.25) is 0 Å². The molecule has 4 heteroatoms. The van der Waals surface area contributed by atoms with Gasteiger partial charge in [0.05, 0.1) is 0 Å². The van der Waals surface area contributed by atoms with E-state index in [9.17, 15) is 10.1 Å². The Kier molecular flexibility index (Phi) is 7.03. The highest BCUT2D eigenvalue weighted by Gasteiger charge is 2.20. The van der Waals surface area contributed by atoms with Crippen LogP contribution in [0, 0.1) is 11.3 Å². The lowest BCUT2D eigenvalue weighted by atomic mass is 10.0. The van der Waals surface area contributed by atoms with E-state index in [0.29, 0.717) is 0 Å². The first-order valence-electron chi connectivity index (χ1n) is 8.59. The lowest BCUT2D eigenvalue weighted by Crippen LogP contribution is -2.37. The number of nitrogens with zero attached hydrogens (tertiary/aromatic N) is 2. The summed E-state index contributed by atoms with van der Waals surface area (Å²) in [7, 11) is 0. The largest absolute Gasteiger partial charge is 0.372 e. The van der Waals surface area contributed by atoms with Gasteiger partial charge in [-0.25, -0.2) is 0 Å². The van der Waals surface area contributed by atoms with E-state index in [0.717, 1.165) is 36.2 Å². The molecule has 24 heavy (non-hydrogen) atoms. The van der Waals surface area contributed by atoms with Crippen LogP contribution in [0.15, 0.2) is 30.0 Å². The molecule has 1 aromatic rings. The zero-order valence-corrected chi connectivity index (χ0v) is 15.7. The molecule has 0 radical (unpaired) electrons. The fourth-order valence-electron chi connectivity index (χ4n) is 2.64. The molecule has 0 heterocycles. The Morgan fingerprint density at radius 2 is 1.75 bits per heavy atom. The van der Waals surface area contributed by atoms with Crippen LogP contribution < -0.4 is 5.32 Å². The van der Waals surface area contributed by atoms with Gasteiger partial charge in [-0.05, 0) is 51.7 Å². The van der Waals surface area contributed by atoms with Gasteiger partial charge in [-0.2, -0.15) is 5.26 Å². The molecule has 1 aromatic carbocycles. The van der Waals surface area contributed by atoms with Crippen molar-refractivity contribution >= 4 is 11.6 Å². The molecular formula is C20H29N3O. The second-order valence-corrected chi connectivity index (χ2v) is 6.72. The number of anilines is 1. The molecule has 4 nitrogen and oxygen atoms in total. The second kappa shape index (κ2) is 8.54. The quantitative estimate of drug-likeness (QED) is 0.627. The minimum Gasteiger partial charge on any atom is -0.372 e. The van der Waals surface area contributed by atoms with Gasteiger partial charge in [0.15, 0.2) is 0 Å². The molecule has 0 aliphatic rings. The van der Waals surface area contributed by atoms with E-state index in [4.69, 9.17) is 0 Å². The predicted molar refractivity (Wildman–Crippen MR) is 99.7 cm³/mol. The number of benzene rings is 1. The van der Waals surface area contributed by atoms with Crippen molar-refractivity contribution in [1.82, 2.24) is 4.90 Å². The topological polar surface area (TPSA) is 56.1 Å². The molecule has 0 bridgehead atoms. The van der Waals surface area contributed by atoms with E-state index in [1.165, 1.54) is 0 Å². The summed E-state index contributed by atoms with van der Waals surface area (Å²) in [4.78, 5) is 14.6. The number of nitriles is 1. The third kappa shape index (κ3) is 4.86. The molecule has 0 aliphatic heterocycles. The van der Waals surface area contributed by atoms with Crippen LogP contribution in [0.4, 0.5) is 5.69 Å². The predicted octanol–water partition coefficient (Wildman–Crippen LogP) is 4.28. The molecule has 0 atom stereocenters. The molecule has 0 saturated heterocycles. The highest BCUT2D eigenvalue weighted by Crippen LogP contribution is 2.23. The summed E-state index contributed by atoms with van der Waals surface area (Å²) >= 11 is 0. The standard InChI is InChI=1S/C20H29N3O/c1-7-15-11-10-12-16(8-2)18(15)22-19(24)17(13-21)14-23(9-3)20(4,5)6/h10-12,14H,7-9H2,1-6H3,(H,22,24)/b17-14-. The lowest BCUT2D eigenvalue weighted by molar-refractivity contribution is -0.112. The van der Waals surface area contributed by atoms with Gasteiger partial charge in [0.1, 0.15) is 11.6 Å². The van der Waals surface area contributed by atoms with Crippen LogP contribution >= 0.6 is 0 Å². The Balaban J connectivity index is 3.16. The Hall–Kier alpha value is -2.28. The monoisotopic (exact) mass is 327 g/mol. The average Bonchev–Trinajstić information content (AvgIpc) is 2.54. The van der Waals surface area contributed by atoms with E-state index in [-0.39, 0.29) is 17.0 Å². The van der Waals surface area contributed by atoms with Gasteiger partial charge >= 0.3 is 0 Å². The maximum absolute atomic E-state index is 12.6. The van der Waals surface area contributed by atoms with E-state index >= 15 is 0 Å². The van der Waals surface area contributed by atoms with Gasteiger partial charge in [-0.3, -0.25) is 4.79 Å². The third-order valence-electron chi connectivity index (χ3n) is 4.09. The Morgan fingerprint density at radius 1 is 1.21 bits per heavy atom. The first-order valence-corrected chi connectivity index (χ1v) is 8.59. The molecule has 0 spiro atoms. The second-order valence-electron chi connectivity index (χ2n) is 6.72. The van der Waals surface area contributed by atoms with E-state index < -0.39 is 0 Å². The third-order valence-corrected chi connectivity index (χ3v) is 4.09. The number of para-hydroxylation sites is 1. The molecular weight excluding hydrogens is 298 g/mol. The number of hydrogen-bond acceptors (Lipinski definition) is 3. The number of hydrogen-bond donors (Lipinski definition) is 1. The van der Waals surface area contributed by atoms with Crippen molar-refractivity contribution in [2.45, 2.75) is 59.9 Å². The number of amides is 1. The van der Waals surface area contributed by atoms with Crippen LogP contribution in [0.1, 0.15) is 52.7 Å². The zero-order valence-electron chi connectivity index (χ0n) is 15.7. The van der Waals surface area contributed by atoms with Crippen molar-refractivity contribution in [3.8, 4) is 6.07 Å². The summed E-state index contributed by atoms with van der Waals surface area (Å²) < 4.78 is 0. The molecule has 0 aliphatic carbocycles. The highest BCUT2D eigenvalue weighted by molar-refractivity contribution is 6.07. The Morgan fingerprint density at radius 3 is 2.12 bits per heavy atom. The minimum atomic E-state index is -0.351. The number of carbonyl (C=O) groups excluding carboxylic acids is 1. The van der Waals surface area contributed by atoms with Gasteiger partial charge in [-0.15, -0.1) is 0 Å². The van der Waals surface area contributed by atoms with Crippen LogP contribution in [-0.4, -0.2) is 22.9 Å². The smallest absolute Gasteiger partial charge is 0.267 e. The normalized spacial score (nSPS) is 11.8. The van der Waals surface area contributed by atoms with Crippen molar-refractivity contribution in [2.75, 3.05) is 11.9 Å². The molecule has 0 unspecified atom stereocenters. The average molecular weight is 327 g/mol. The summed E-state index contributed by atoms with van der Waals surface area (Å²) in [6, 6.07) is 8.07. The fourth-order valence-corrected chi connectivity index (χ4v) is 2.64. The van der Waals surface area contributed by atoms with Crippen molar-refractivity contribution < 1.29 is 4.79 Å². The number of rotatable bonds is 6. The molecule has 0 aromatic heterocycles. The first-order chi connectivity index (χ1) is 11.3. The summed E-state index contributed by atoms with van der Waals surface area (Å²) in [5.74, 6) is -0.351. The van der Waals surface area contributed by atoms with Crippen LogP contribution in [0.2, 0.25) is 0 Å². The van der Waals surface area contributed by atoms with Gasteiger partial charge in [0.25, 0.3) is 5.91 Å².